The lowest BCUT2D eigenvalue weighted by atomic mass is 10.0. The Morgan fingerprint density at radius 1 is 1.28 bits per heavy atom. The van der Waals surface area contributed by atoms with E-state index in [9.17, 15) is 0 Å². The van der Waals surface area contributed by atoms with Crippen LogP contribution in [0.1, 0.15) is 18.5 Å². The van der Waals surface area contributed by atoms with Crippen LogP contribution in [0.2, 0.25) is 0 Å². The number of rotatable bonds is 4. The Bertz CT molecular complexity index is 354. The maximum Gasteiger partial charge on any atom is 0.151 e. The molecular weight excluding hydrogens is 226 g/mol. The lowest BCUT2D eigenvalue weighted by Crippen LogP contribution is -2.42. The molecule has 0 radical (unpaired) electrons. The Morgan fingerprint density at radius 3 is 2.50 bits per heavy atom. The normalized spacial score (nSPS) is 17.4. The van der Waals surface area contributed by atoms with Gasteiger partial charge >= 0.3 is 0 Å². The van der Waals surface area contributed by atoms with Gasteiger partial charge in [-0.05, 0) is 46.1 Å². The van der Waals surface area contributed by atoms with Gasteiger partial charge in [-0.3, -0.25) is 0 Å². The third kappa shape index (κ3) is 3.17. The van der Waals surface area contributed by atoms with Crippen molar-refractivity contribution in [2.24, 2.45) is 0 Å². The third-order valence-electron chi connectivity index (χ3n) is 3.58. The van der Waals surface area contributed by atoms with Crippen molar-refractivity contribution in [3.8, 4) is 0 Å². The standard InChI is InChI=1S/C13H23N5/c1-14-10-11-4-5-13(16-15-11)18-8-6-12(7-9-18)17(2)3/h4-5,12,14H,6-10H2,1-3H3. The zero-order chi connectivity index (χ0) is 13.0. The van der Waals surface area contributed by atoms with Crippen LogP contribution in [0.5, 0.6) is 0 Å². The second kappa shape index (κ2) is 6.11. The Kier molecular flexibility index (Phi) is 4.49. The van der Waals surface area contributed by atoms with Crippen LogP contribution in [0.15, 0.2) is 12.1 Å². The highest BCUT2D eigenvalue weighted by Crippen LogP contribution is 2.19. The lowest BCUT2D eigenvalue weighted by Gasteiger charge is -2.35. The molecular formula is C13H23N5. The fourth-order valence-corrected chi connectivity index (χ4v) is 2.41. The van der Waals surface area contributed by atoms with Crippen LogP contribution in [-0.4, -0.2) is 55.4 Å². The van der Waals surface area contributed by atoms with Crippen LogP contribution in [0.3, 0.4) is 0 Å². The van der Waals surface area contributed by atoms with Crippen molar-refractivity contribution < 1.29 is 0 Å². The predicted octanol–water partition coefficient (Wildman–Crippen LogP) is 0.726. The van der Waals surface area contributed by atoms with Gasteiger partial charge in [-0.2, -0.15) is 5.10 Å². The largest absolute Gasteiger partial charge is 0.355 e. The first-order valence-electron chi connectivity index (χ1n) is 6.59. The highest BCUT2D eigenvalue weighted by atomic mass is 15.3. The van der Waals surface area contributed by atoms with Crippen LogP contribution in [0, 0.1) is 0 Å². The zero-order valence-electron chi connectivity index (χ0n) is 11.6. The van der Waals surface area contributed by atoms with Gasteiger partial charge in [0, 0.05) is 25.7 Å². The Labute approximate surface area is 109 Å². The third-order valence-corrected chi connectivity index (χ3v) is 3.58. The number of aromatic nitrogens is 2. The number of anilines is 1. The zero-order valence-corrected chi connectivity index (χ0v) is 11.6. The van der Waals surface area contributed by atoms with Crippen molar-refractivity contribution in [3.05, 3.63) is 17.8 Å². The van der Waals surface area contributed by atoms with Gasteiger partial charge in [-0.15, -0.1) is 5.10 Å². The van der Waals surface area contributed by atoms with Crippen molar-refractivity contribution in [2.45, 2.75) is 25.4 Å². The Hall–Kier alpha value is -1.20. The molecule has 0 bridgehead atoms. The molecule has 100 valence electrons. The number of nitrogens with one attached hydrogen (secondary N) is 1. The molecule has 1 aliphatic heterocycles. The van der Waals surface area contributed by atoms with E-state index in [1.807, 2.05) is 7.05 Å². The number of hydrogen-bond donors (Lipinski definition) is 1. The molecule has 5 heteroatoms. The van der Waals surface area contributed by atoms with Gasteiger partial charge in [0.2, 0.25) is 0 Å². The van der Waals surface area contributed by atoms with Crippen LogP contribution < -0.4 is 10.2 Å². The van der Waals surface area contributed by atoms with Gasteiger partial charge < -0.3 is 15.1 Å². The highest BCUT2D eigenvalue weighted by Gasteiger charge is 2.21. The summed E-state index contributed by atoms with van der Waals surface area (Å²) in [7, 11) is 6.24. The molecule has 5 nitrogen and oxygen atoms in total. The quantitative estimate of drug-likeness (QED) is 0.852. The molecule has 18 heavy (non-hydrogen) atoms. The van der Waals surface area contributed by atoms with E-state index in [4.69, 9.17) is 0 Å². The maximum atomic E-state index is 4.31. The molecule has 0 unspecified atom stereocenters. The summed E-state index contributed by atoms with van der Waals surface area (Å²) in [4.78, 5) is 4.65. The molecule has 0 aliphatic carbocycles. The maximum absolute atomic E-state index is 4.31. The summed E-state index contributed by atoms with van der Waals surface area (Å²) >= 11 is 0. The summed E-state index contributed by atoms with van der Waals surface area (Å²) in [6, 6.07) is 4.84. The minimum atomic E-state index is 0.706. The van der Waals surface area contributed by atoms with Gasteiger partial charge in [0.05, 0.1) is 5.69 Å². The number of piperidine rings is 1. The van der Waals surface area contributed by atoms with E-state index in [0.717, 1.165) is 31.1 Å². The first-order valence-corrected chi connectivity index (χ1v) is 6.59. The van der Waals surface area contributed by atoms with Gasteiger partial charge in [0.25, 0.3) is 0 Å². The van der Waals surface area contributed by atoms with E-state index in [2.05, 4.69) is 51.5 Å². The minimum Gasteiger partial charge on any atom is -0.355 e. The molecule has 0 amide bonds. The molecule has 2 heterocycles. The second-order valence-electron chi connectivity index (χ2n) is 5.10. The molecule has 1 N–H and O–H groups in total. The summed E-state index contributed by atoms with van der Waals surface area (Å²) in [5.74, 6) is 1.01. The van der Waals surface area contributed by atoms with Crippen molar-refractivity contribution in [1.29, 1.82) is 0 Å². The molecule has 0 saturated carbocycles. The summed E-state index contributed by atoms with van der Waals surface area (Å²) in [5, 5.41) is 11.6. The van der Waals surface area contributed by atoms with Crippen LogP contribution >= 0.6 is 0 Å². The van der Waals surface area contributed by atoms with Crippen LogP contribution in [0.25, 0.3) is 0 Å². The van der Waals surface area contributed by atoms with Gasteiger partial charge in [-0.25, -0.2) is 0 Å². The van der Waals surface area contributed by atoms with E-state index in [1.165, 1.54) is 12.8 Å². The second-order valence-corrected chi connectivity index (χ2v) is 5.10. The minimum absolute atomic E-state index is 0.706. The first-order chi connectivity index (χ1) is 8.70. The molecule has 2 rings (SSSR count). The average Bonchev–Trinajstić information content (AvgIpc) is 2.40. The van der Waals surface area contributed by atoms with E-state index in [1.54, 1.807) is 0 Å². The topological polar surface area (TPSA) is 44.3 Å². The molecule has 1 aromatic heterocycles. The summed E-state index contributed by atoms with van der Waals surface area (Å²) in [6.07, 6.45) is 2.40. The molecule has 1 fully saturated rings. The Balaban J connectivity index is 1.93. The predicted molar refractivity (Wildman–Crippen MR) is 73.7 cm³/mol. The monoisotopic (exact) mass is 249 g/mol. The number of hydrogen-bond acceptors (Lipinski definition) is 5. The van der Waals surface area contributed by atoms with Crippen molar-refractivity contribution in [1.82, 2.24) is 20.4 Å². The highest BCUT2D eigenvalue weighted by molar-refractivity contribution is 5.37. The van der Waals surface area contributed by atoms with Gasteiger partial charge in [0.15, 0.2) is 5.82 Å². The van der Waals surface area contributed by atoms with Crippen molar-refractivity contribution in [3.63, 3.8) is 0 Å². The van der Waals surface area contributed by atoms with E-state index < -0.39 is 0 Å². The average molecular weight is 249 g/mol. The lowest BCUT2D eigenvalue weighted by molar-refractivity contribution is 0.249. The number of nitrogens with zero attached hydrogens (tertiary/aromatic N) is 4. The molecule has 0 spiro atoms. The first kappa shape index (κ1) is 13.2. The van der Waals surface area contributed by atoms with Crippen molar-refractivity contribution in [2.75, 3.05) is 39.1 Å². The molecule has 1 aromatic rings. The van der Waals surface area contributed by atoms with E-state index >= 15 is 0 Å². The van der Waals surface area contributed by atoms with Gasteiger partial charge in [0.1, 0.15) is 0 Å². The van der Waals surface area contributed by atoms with Crippen molar-refractivity contribution >= 4 is 5.82 Å². The summed E-state index contributed by atoms with van der Waals surface area (Å²) in [6.45, 7) is 2.92. The summed E-state index contributed by atoms with van der Waals surface area (Å²) in [5.41, 5.74) is 0.990. The fraction of sp³-hybridized carbons (Fsp3) is 0.692. The smallest absolute Gasteiger partial charge is 0.151 e. The van der Waals surface area contributed by atoms with Crippen LogP contribution in [-0.2, 0) is 6.54 Å². The Morgan fingerprint density at radius 2 is 2.00 bits per heavy atom. The van der Waals surface area contributed by atoms with E-state index in [-0.39, 0.29) is 0 Å². The molecule has 0 aromatic carbocycles. The molecule has 1 saturated heterocycles. The van der Waals surface area contributed by atoms with Crippen LogP contribution in [0.4, 0.5) is 5.82 Å². The summed E-state index contributed by atoms with van der Waals surface area (Å²) < 4.78 is 0. The van der Waals surface area contributed by atoms with E-state index in [0.29, 0.717) is 6.04 Å². The molecule has 0 atom stereocenters. The van der Waals surface area contributed by atoms with Gasteiger partial charge in [-0.1, -0.05) is 0 Å². The SMILES string of the molecule is CNCc1ccc(N2CCC(N(C)C)CC2)nn1. The fourth-order valence-electron chi connectivity index (χ4n) is 2.41. The molecule has 1 aliphatic rings.